The van der Waals surface area contributed by atoms with E-state index in [0.717, 1.165) is 22.2 Å². The van der Waals surface area contributed by atoms with E-state index < -0.39 is 0 Å². The summed E-state index contributed by atoms with van der Waals surface area (Å²) in [6.45, 7) is 4.26. The Hall–Kier alpha value is -1.32. The molecule has 104 valence electrons. The van der Waals surface area contributed by atoms with Gasteiger partial charge in [-0.05, 0) is 48.7 Å². The smallest absolute Gasteiger partial charge is 0.126 e. The van der Waals surface area contributed by atoms with E-state index in [1.165, 1.54) is 16.7 Å². The first-order valence-corrected chi connectivity index (χ1v) is 7.63. The van der Waals surface area contributed by atoms with Crippen LogP contribution in [0, 0.1) is 13.8 Å². The number of hydrogen-bond donors (Lipinski definition) is 1. The second-order valence-electron chi connectivity index (χ2n) is 5.47. The molecule has 2 N–H and O–H groups in total. The molecule has 1 unspecified atom stereocenters. The highest BCUT2D eigenvalue weighted by Crippen LogP contribution is 2.40. The Morgan fingerprint density at radius 2 is 1.90 bits per heavy atom. The zero-order valence-electron chi connectivity index (χ0n) is 11.7. The number of ether oxygens (including phenoxy) is 1. The second kappa shape index (κ2) is 5.23. The van der Waals surface area contributed by atoms with Gasteiger partial charge in [-0.2, -0.15) is 0 Å². The predicted molar refractivity (Wildman–Crippen MR) is 85.0 cm³/mol. The van der Waals surface area contributed by atoms with Gasteiger partial charge in [0.05, 0.1) is 0 Å². The first-order chi connectivity index (χ1) is 9.54. The Balaban J connectivity index is 1.94. The Morgan fingerprint density at radius 3 is 2.65 bits per heavy atom. The van der Waals surface area contributed by atoms with Crippen LogP contribution in [0.5, 0.6) is 5.75 Å². The van der Waals surface area contributed by atoms with Gasteiger partial charge in [-0.15, -0.1) is 0 Å². The summed E-state index contributed by atoms with van der Waals surface area (Å²) in [6.07, 6.45) is 0.851. The van der Waals surface area contributed by atoms with Crippen LogP contribution >= 0.6 is 15.9 Å². The van der Waals surface area contributed by atoms with Crippen LogP contribution in [0.1, 0.15) is 40.8 Å². The van der Waals surface area contributed by atoms with Crippen molar-refractivity contribution < 1.29 is 4.74 Å². The molecule has 0 radical (unpaired) electrons. The van der Waals surface area contributed by atoms with Crippen molar-refractivity contribution in [1.29, 1.82) is 0 Å². The van der Waals surface area contributed by atoms with Crippen LogP contribution in [0.3, 0.4) is 0 Å². The molecule has 1 aliphatic heterocycles. The number of halogens is 1. The number of hydrogen-bond acceptors (Lipinski definition) is 2. The molecule has 0 spiro atoms. The normalized spacial score (nSPS) is 21.2. The first kappa shape index (κ1) is 13.7. The number of nitrogens with two attached hydrogens (primary N) is 1. The van der Waals surface area contributed by atoms with Crippen molar-refractivity contribution in [3.63, 3.8) is 0 Å². The van der Waals surface area contributed by atoms with E-state index in [9.17, 15) is 0 Å². The van der Waals surface area contributed by atoms with Gasteiger partial charge in [0.1, 0.15) is 11.9 Å². The lowest BCUT2D eigenvalue weighted by atomic mass is 9.92. The molecular formula is C17H18BrNO. The van der Waals surface area contributed by atoms with Gasteiger partial charge < -0.3 is 10.5 Å². The molecule has 0 bridgehead atoms. The number of benzene rings is 2. The van der Waals surface area contributed by atoms with Crippen LogP contribution in [0.25, 0.3) is 0 Å². The molecule has 3 heteroatoms. The van der Waals surface area contributed by atoms with Crippen molar-refractivity contribution in [3.8, 4) is 5.75 Å². The molecule has 0 fully saturated rings. The minimum atomic E-state index is 0.0165. The molecule has 3 rings (SSSR count). The Labute approximate surface area is 128 Å². The highest BCUT2D eigenvalue weighted by Gasteiger charge is 2.27. The number of aryl methyl sites for hydroxylation is 2. The highest BCUT2D eigenvalue weighted by molar-refractivity contribution is 9.10. The summed E-state index contributed by atoms with van der Waals surface area (Å²) >= 11 is 3.48. The van der Waals surface area contributed by atoms with E-state index in [1.54, 1.807) is 0 Å². The highest BCUT2D eigenvalue weighted by atomic mass is 79.9. The van der Waals surface area contributed by atoms with E-state index in [0.29, 0.717) is 0 Å². The summed E-state index contributed by atoms with van der Waals surface area (Å²) in [5, 5.41) is 0. The molecule has 2 aromatic carbocycles. The van der Waals surface area contributed by atoms with Gasteiger partial charge in [0.25, 0.3) is 0 Å². The fraction of sp³-hybridized carbons (Fsp3) is 0.294. The van der Waals surface area contributed by atoms with Crippen molar-refractivity contribution in [2.75, 3.05) is 0 Å². The Kier molecular flexibility index (Phi) is 3.57. The van der Waals surface area contributed by atoms with Crippen LogP contribution in [0.15, 0.2) is 40.9 Å². The molecule has 0 amide bonds. The molecule has 0 aliphatic carbocycles. The third-order valence-corrected chi connectivity index (χ3v) is 4.50. The van der Waals surface area contributed by atoms with Crippen LogP contribution < -0.4 is 10.5 Å². The zero-order chi connectivity index (χ0) is 14.3. The standard InChI is InChI=1S/C17H18BrNO/c1-10-3-4-12(7-11(10)2)17-9-15(19)14-8-13(18)5-6-16(14)20-17/h3-8,15,17H,9,19H2,1-2H3/t15-,17?/m1/s1. The molecule has 0 saturated heterocycles. The van der Waals surface area contributed by atoms with Crippen molar-refractivity contribution >= 4 is 15.9 Å². The van der Waals surface area contributed by atoms with E-state index >= 15 is 0 Å². The van der Waals surface area contributed by atoms with Crippen LogP contribution in [0.2, 0.25) is 0 Å². The molecular weight excluding hydrogens is 314 g/mol. The molecule has 2 nitrogen and oxygen atoms in total. The van der Waals surface area contributed by atoms with Gasteiger partial charge >= 0.3 is 0 Å². The zero-order valence-corrected chi connectivity index (χ0v) is 13.3. The SMILES string of the molecule is Cc1ccc(C2C[C@@H](N)c3cc(Br)ccc3O2)cc1C. The summed E-state index contributed by atoms with van der Waals surface area (Å²) in [6, 6.07) is 12.6. The number of rotatable bonds is 1. The fourth-order valence-corrected chi connectivity index (χ4v) is 3.02. The summed E-state index contributed by atoms with van der Waals surface area (Å²) in [5.41, 5.74) is 11.2. The maximum atomic E-state index is 6.31. The molecule has 2 atom stereocenters. The van der Waals surface area contributed by atoms with E-state index in [4.69, 9.17) is 10.5 Å². The van der Waals surface area contributed by atoms with E-state index in [-0.39, 0.29) is 12.1 Å². The summed E-state index contributed by atoms with van der Waals surface area (Å²) in [5.74, 6) is 0.898. The molecule has 0 saturated carbocycles. The molecule has 20 heavy (non-hydrogen) atoms. The average molecular weight is 332 g/mol. The number of fused-ring (bicyclic) bond motifs is 1. The fourth-order valence-electron chi connectivity index (χ4n) is 2.64. The predicted octanol–water partition coefficient (Wildman–Crippen LogP) is 4.59. The van der Waals surface area contributed by atoms with Gasteiger partial charge in [-0.25, -0.2) is 0 Å². The first-order valence-electron chi connectivity index (χ1n) is 6.83. The van der Waals surface area contributed by atoms with Gasteiger partial charge in [0.15, 0.2) is 0 Å². The molecule has 2 aromatic rings. The lowest BCUT2D eigenvalue weighted by Crippen LogP contribution is -2.24. The van der Waals surface area contributed by atoms with Crippen molar-refractivity contribution in [2.24, 2.45) is 5.73 Å². The van der Waals surface area contributed by atoms with Gasteiger partial charge in [-0.3, -0.25) is 0 Å². The Bertz CT molecular complexity index is 653. The molecule has 1 aliphatic rings. The maximum Gasteiger partial charge on any atom is 0.126 e. The third-order valence-electron chi connectivity index (χ3n) is 4.01. The average Bonchev–Trinajstić information content (AvgIpc) is 2.42. The monoisotopic (exact) mass is 331 g/mol. The Morgan fingerprint density at radius 1 is 1.10 bits per heavy atom. The van der Waals surface area contributed by atoms with Crippen molar-refractivity contribution in [1.82, 2.24) is 0 Å². The summed E-state index contributed by atoms with van der Waals surface area (Å²) < 4.78 is 7.18. The van der Waals surface area contributed by atoms with E-state index in [2.05, 4.69) is 54.0 Å². The lowest BCUT2D eigenvalue weighted by molar-refractivity contribution is 0.161. The second-order valence-corrected chi connectivity index (χ2v) is 6.39. The largest absolute Gasteiger partial charge is 0.485 e. The third kappa shape index (κ3) is 2.48. The summed E-state index contributed by atoms with van der Waals surface area (Å²) in [4.78, 5) is 0. The van der Waals surface area contributed by atoms with Crippen LogP contribution in [-0.2, 0) is 0 Å². The topological polar surface area (TPSA) is 35.2 Å². The van der Waals surface area contributed by atoms with Gasteiger partial charge in [-0.1, -0.05) is 34.1 Å². The molecule has 1 heterocycles. The van der Waals surface area contributed by atoms with Crippen molar-refractivity contribution in [2.45, 2.75) is 32.4 Å². The van der Waals surface area contributed by atoms with Crippen LogP contribution in [0.4, 0.5) is 0 Å². The van der Waals surface area contributed by atoms with Gasteiger partial charge in [0, 0.05) is 22.5 Å². The minimum absolute atomic E-state index is 0.0165. The van der Waals surface area contributed by atoms with Crippen molar-refractivity contribution in [3.05, 3.63) is 63.1 Å². The maximum absolute atomic E-state index is 6.31. The van der Waals surface area contributed by atoms with Gasteiger partial charge in [0.2, 0.25) is 0 Å². The quantitative estimate of drug-likeness (QED) is 0.829. The lowest BCUT2D eigenvalue weighted by Gasteiger charge is -2.31. The van der Waals surface area contributed by atoms with E-state index in [1.807, 2.05) is 12.1 Å². The molecule has 0 aromatic heterocycles. The van der Waals surface area contributed by atoms with Crippen LogP contribution in [-0.4, -0.2) is 0 Å². The minimum Gasteiger partial charge on any atom is -0.485 e. The summed E-state index contributed by atoms with van der Waals surface area (Å²) in [7, 11) is 0.